The van der Waals surface area contributed by atoms with Crippen molar-refractivity contribution < 1.29 is 14.7 Å². The monoisotopic (exact) mass is 416 g/mol. The van der Waals surface area contributed by atoms with E-state index in [0.29, 0.717) is 16.3 Å². The second-order valence-corrected chi connectivity index (χ2v) is 5.78. The van der Waals surface area contributed by atoms with Gasteiger partial charge in [0, 0.05) is 8.59 Å². The molecule has 108 valence electrons. The minimum atomic E-state index is -1.08. The number of carboxylic acids is 1. The Balaban J connectivity index is 2.27. The van der Waals surface area contributed by atoms with E-state index >= 15 is 0 Å². The third kappa shape index (κ3) is 3.64. The van der Waals surface area contributed by atoms with Crippen molar-refractivity contribution in [3.63, 3.8) is 0 Å². The number of carbonyl (C=O) groups excluding carboxylic acids is 1. The van der Waals surface area contributed by atoms with Gasteiger partial charge in [0.25, 0.3) is 5.91 Å². The molecule has 0 aliphatic heterocycles. The third-order valence-corrected chi connectivity index (χ3v) is 3.90. The molecule has 0 spiro atoms. The zero-order valence-corrected chi connectivity index (χ0v) is 13.5. The number of nitrogens with one attached hydrogen (secondary N) is 1. The summed E-state index contributed by atoms with van der Waals surface area (Å²) in [7, 11) is 0. The molecule has 0 fully saturated rings. The van der Waals surface area contributed by atoms with Crippen LogP contribution in [0.1, 0.15) is 20.7 Å². The standard InChI is InChI=1S/C14H10ClIN2O3/c15-8-2-3-10(16)9(6-8)13(19)18-12-4-1-7(14(20)21)5-11(12)17/h1-6H,17H2,(H,18,19)(H,20,21). The summed E-state index contributed by atoms with van der Waals surface area (Å²) in [4.78, 5) is 23.0. The summed E-state index contributed by atoms with van der Waals surface area (Å²) < 4.78 is 0.746. The van der Waals surface area contributed by atoms with Crippen molar-refractivity contribution >= 4 is 57.4 Å². The minimum absolute atomic E-state index is 0.0582. The van der Waals surface area contributed by atoms with Crippen LogP contribution in [0.15, 0.2) is 36.4 Å². The van der Waals surface area contributed by atoms with Crippen LogP contribution >= 0.6 is 34.2 Å². The zero-order chi connectivity index (χ0) is 15.6. The van der Waals surface area contributed by atoms with Gasteiger partial charge in [-0.15, -0.1) is 0 Å². The number of nitrogens with two attached hydrogens (primary N) is 1. The highest BCUT2D eigenvalue weighted by atomic mass is 127. The molecule has 21 heavy (non-hydrogen) atoms. The molecule has 2 aromatic carbocycles. The van der Waals surface area contributed by atoms with E-state index in [4.69, 9.17) is 22.4 Å². The molecular weight excluding hydrogens is 407 g/mol. The molecule has 1 amide bonds. The van der Waals surface area contributed by atoms with Crippen LogP contribution in [0.5, 0.6) is 0 Å². The van der Waals surface area contributed by atoms with Crippen molar-refractivity contribution in [1.29, 1.82) is 0 Å². The number of hydrogen-bond acceptors (Lipinski definition) is 3. The first-order valence-electron chi connectivity index (χ1n) is 5.77. The van der Waals surface area contributed by atoms with Gasteiger partial charge in [-0.2, -0.15) is 0 Å². The summed E-state index contributed by atoms with van der Waals surface area (Å²) in [5, 5.41) is 12.0. The van der Waals surface area contributed by atoms with Crippen molar-refractivity contribution in [2.45, 2.75) is 0 Å². The van der Waals surface area contributed by atoms with Crippen LogP contribution < -0.4 is 11.1 Å². The highest BCUT2D eigenvalue weighted by molar-refractivity contribution is 14.1. The Labute approximate surface area is 139 Å². The average molecular weight is 417 g/mol. The summed E-state index contributed by atoms with van der Waals surface area (Å²) in [5.41, 5.74) is 6.76. The van der Waals surface area contributed by atoms with Crippen molar-refractivity contribution in [3.8, 4) is 0 Å². The molecule has 0 saturated heterocycles. The van der Waals surface area contributed by atoms with Gasteiger partial charge in [-0.05, 0) is 59.0 Å². The number of amides is 1. The first-order chi connectivity index (χ1) is 9.88. The molecule has 0 saturated carbocycles. The summed E-state index contributed by atoms with van der Waals surface area (Å²) in [6, 6.07) is 9.09. The van der Waals surface area contributed by atoms with E-state index < -0.39 is 5.97 Å². The second-order valence-electron chi connectivity index (χ2n) is 4.19. The summed E-state index contributed by atoms with van der Waals surface area (Å²) in [5.74, 6) is -1.44. The summed E-state index contributed by atoms with van der Waals surface area (Å²) in [6.45, 7) is 0. The zero-order valence-electron chi connectivity index (χ0n) is 10.6. The Morgan fingerprint density at radius 1 is 1.19 bits per heavy atom. The Morgan fingerprint density at radius 3 is 2.52 bits per heavy atom. The van der Waals surface area contributed by atoms with Crippen molar-refractivity contribution in [1.82, 2.24) is 0 Å². The molecular formula is C14H10ClIN2O3. The van der Waals surface area contributed by atoms with Crippen molar-refractivity contribution in [2.24, 2.45) is 0 Å². The maximum absolute atomic E-state index is 12.2. The van der Waals surface area contributed by atoms with E-state index in [1.807, 2.05) is 22.6 Å². The van der Waals surface area contributed by atoms with Crippen molar-refractivity contribution in [2.75, 3.05) is 11.1 Å². The van der Waals surface area contributed by atoms with E-state index in [0.717, 1.165) is 3.57 Å². The molecule has 0 unspecified atom stereocenters. The molecule has 2 rings (SSSR count). The van der Waals surface area contributed by atoms with Gasteiger partial charge < -0.3 is 16.2 Å². The lowest BCUT2D eigenvalue weighted by molar-refractivity contribution is 0.0697. The predicted octanol–water partition coefficient (Wildman–Crippen LogP) is 3.48. The summed E-state index contributed by atoms with van der Waals surface area (Å²) in [6.07, 6.45) is 0. The number of nitrogen functional groups attached to an aromatic ring is 1. The molecule has 0 radical (unpaired) electrons. The van der Waals surface area contributed by atoms with Crippen LogP contribution in [0.3, 0.4) is 0 Å². The number of anilines is 2. The van der Waals surface area contributed by atoms with Gasteiger partial charge in [0.05, 0.1) is 22.5 Å². The van der Waals surface area contributed by atoms with E-state index in [1.54, 1.807) is 18.2 Å². The van der Waals surface area contributed by atoms with E-state index in [1.165, 1.54) is 18.2 Å². The lowest BCUT2D eigenvalue weighted by Crippen LogP contribution is -2.15. The quantitative estimate of drug-likeness (QED) is 0.528. The Bertz CT molecular complexity index is 734. The van der Waals surface area contributed by atoms with Crippen LogP contribution in [-0.2, 0) is 0 Å². The number of carbonyl (C=O) groups is 2. The average Bonchev–Trinajstić information content (AvgIpc) is 2.43. The third-order valence-electron chi connectivity index (χ3n) is 2.72. The maximum Gasteiger partial charge on any atom is 0.335 e. The molecule has 4 N–H and O–H groups in total. The number of hydrogen-bond donors (Lipinski definition) is 3. The molecule has 5 nitrogen and oxygen atoms in total. The lowest BCUT2D eigenvalue weighted by atomic mass is 10.1. The molecule has 0 aliphatic carbocycles. The molecule has 0 bridgehead atoms. The predicted molar refractivity (Wildman–Crippen MR) is 89.9 cm³/mol. The number of aromatic carboxylic acids is 1. The normalized spacial score (nSPS) is 10.2. The highest BCUT2D eigenvalue weighted by Crippen LogP contribution is 2.23. The van der Waals surface area contributed by atoms with Gasteiger partial charge in [0.2, 0.25) is 0 Å². The minimum Gasteiger partial charge on any atom is -0.478 e. The molecule has 0 aliphatic rings. The number of carboxylic acid groups (broad SMARTS) is 1. The Morgan fingerprint density at radius 2 is 1.90 bits per heavy atom. The van der Waals surface area contributed by atoms with Gasteiger partial charge in [-0.3, -0.25) is 4.79 Å². The second kappa shape index (κ2) is 6.31. The van der Waals surface area contributed by atoms with Crippen LogP contribution in [0.25, 0.3) is 0 Å². The summed E-state index contributed by atoms with van der Waals surface area (Å²) >= 11 is 7.91. The number of benzene rings is 2. The van der Waals surface area contributed by atoms with Crippen molar-refractivity contribution in [3.05, 3.63) is 56.1 Å². The fourth-order valence-electron chi connectivity index (χ4n) is 1.67. The fraction of sp³-hybridized carbons (Fsp3) is 0. The van der Waals surface area contributed by atoms with Gasteiger partial charge in [0.15, 0.2) is 0 Å². The van der Waals surface area contributed by atoms with Crippen LogP contribution in [0.4, 0.5) is 11.4 Å². The van der Waals surface area contributed by atoms with Crippen LogP contribution in [0, 0.1) is 3.57 Å². The topological polar surface area (TPSA) is 92.4 Å². The largest absolute Gasteiger partial charge is 0.478 e. The smallest absolute Gasteiger partial charge is 0.335 e. The molecule has 0 atom stereocenters. The highest BCUT2D eigenvalue weighted by Gasteiger charge is 2.13. The SMILES string of the molecule is Nc1cc(C(=O)O)ccc1NC(=O)c1cc(Cl)ccc1I. The van der Waals surface area contributed by atoms with Crippen LogP contribution in [-0.4, -0.2) is 17.0 Å². The van der Waals surface area contributed by atoms with E-state index in [2.05, 4.69) is 5.32 Å². The number of halogens is 2. The fourth-order valence-corrected chi connectivity index (χ4v) is 2.42. The molecule has 0 aromatic heterocycles. The van der Waals surface area contributed by atoms with Crippen LogP contribution in [0.2, 0.25) is 5.02 Å². The van der Waals surface area contributed by atoms with Gasteiger partial charge in [0.1, 0.15) is 0 Å². The first-order valence-corrected chi connectivity index (χ1v) is 7.23. The number of rotatable bonds is 3. The van der Waals surface area contributed by atoms with E-state index in [9.17, 15) is 9.59 Å². The van der Waals surface area contributed by atoms with Gasteiger partial charge >= 0.3 is 5.97 Å². The van der Waals surface area contributed by atoms with Gasteiger partial charge in [-0.1, -0.05) is 11.6 Å². The van der Waals surface area contributed by atoms with E-state index in [-0.39, 0.29) is 17.2 Å². The Kier molecular flexibility index (Phi) is 4.69. The molecule has 0 heterocycles. The van der Waals surface area contributed by atoms with Gasteiger partial charge in [-0.25, -0.2) is 4.79 Å². The molecule has 2 aromatic rings. The molecule has 7 heteroatoms. The maximum atomic E-state index is 12.2. The first kappa shape index (κ1) is 15.6. The Hall–Kier alpha value is -1.80. The lowest BCUT2D eigenvalue weighted by Gasteiger charge is -2.10.